The molecule has 0 saturated carbocycles. The molecule has 0 unspecified atom stereocenters. The lowest BCUT2D eigenvalue weighted by Crippen LogP contribution is -2.25. The van der Waals surface area contributed by atoms with Crippen LogP contribution >= 0.6 is 11.3 Å². The minimum absolute atomic E-state index is 0.183. The van der Waals surface area contributed by atoms with Crippen LogP contribution < -0.4 is 15.8 Å². The van der Waals surface area contributed by atoms with Crippen molar-refractivity contribution >= 4 is 17.2 Å². The van der Waals surface area contributed by atoms with Crippen molar-refractivity contribution in [3.63, 3.8) is 0 Å². The minimum Gasteiger partial charge on any atom is -0.447 e. The molecule has 3 N–H and O–H groups in total. The Morgan fingerprint density at radius 1 is 1.11 bits per heavy atom. The summed E-state index contributed by atoms with van der Waals surface area (Å²) in [6.07, 6.45) is 4.72. The van der Waals surface area contributed by atoms with E-state index < -0.39 is 0 Å². The van der Waals surface area contributed by atoms with Crippen molar-refractivity contribution in [1.82, 2.24) is 5.32 Å². The van der Waals surface area contributed by atoms with Crippen LogP contribution in [0.4, 0.5) is 0 Å². The fourth-order valence-electron chi connectivity index (χ4n) is 2.39. The maximum Gasteiger partial charge on any atom is 0.253 e. The molecule has 0 saturated heterocycles. The van der Waals surface area contributed by atoms with Gasteiger partial charge in [0.15, 0.2) is 5.06 Å². The molecule has 0 radical (unpaired) electrons. The van der Waals surface area contributed by atoms with Gasteiger partial charge in [-0.1, -0.05) is 42.3 Å². The van der Waals surface area contributed by atoms with E-state index in [1.165, 1.54) is 16.9 Å². The van der Waals surface area contributed by atoms with E-state index in [1.54, 1.807) is 13.0 Å². The summed E-state index contributed by atoms with van der Waals surface area (Å²) in [6.45, 7) is 8.40. The summed E-state index contributed by atoms with van der Waals surface area (Å²) in [5.41, 5.74) is 9.34. The number of benzene rings is 1. The van der Waals surface area contributed by atoms with E-state index in [0.29, 0.717) is 17.8 Å². The third-order valence-corrected chi connectivity index (χ3v) is 5.36. The van der Waals surface area contributed by atoms with Crippen LogP contribution in [0.2, 0.25) is 0 Å². The molecule has 0 aliphatic heterocycles. The topological polar surface area (TPSA) is 64.3 Å². The SMILES string of the molecule is CCC(C)=C(C)/C=C\C(C(=O)NCc1ccc(Oc2ccccc2)s1)=C(/C)N. The molecule has 148 valence electrons. The van der Waals surface area contributed by atoms with E-state index in [9.17, 15) is 4.79 Å². The van der Waals surface area contributed by atoms with Crippen LogP contribution in [-0.2, 0) is 11.3 Å². The summed E-state index contributed by atoms with van der Waals surface area (Å²) >= 11 is 1.51. The van der Waals surface area contributed by atoms with E-state index in [2.05, 4.69) is 19.2 Å². The van der Waals surface area contributed by atoms with Gasteiger partial charge in [0.1, 0.15) is 5.75 Å². The molecule has 0 spiro atoms. The van der Waals surface area contributed by atoms with Crippen LogP contribution in [0.3, 0.4) is 0 Å². The monoisotopic (exact) mass is 396 g/mol. The molecular weight excluding hydrogens is 368 g/mol. The van der Waals surface area contributed by atoms with Crippen LogP contribution in [0, 0.1) is 0 Å². The number of ether oxygens (including phenoxy) is 1. The normalized spacial score (nSPS) is 13.1. The van der Waals surface area contributed by atoms with Crippen molar-refractivity contribution in [2.45, 2.75) is 40.7 Å². The summed E-state index contributed by atoms with van der Waals surface area (Å²) < 4.78 is 5.81. The molecule has 1 amide bonds. The fraction of sp³-hybridized carbons (Fsp3) is 0.261. The molecule has 0 atom stereocenters. The first-order chi connectivity index (χ1) is 13.4. The first-order valence-corrected chi connectivity index (χ1v) is 10.1. The number of amides is 1. The standard InChI is InChI=1S/C23H28N2O2S/c1-5-16(2)17(3)11-13-21(18(4)24)23(26)25-15-20-12-14-22(28-20)27-19-9-7-6-8-10-19/h6-14H,5,15,24H2,1-4H3,(H,25,26)/b13-11-,17-16?,21-18-. The van der Waals surface area contributed by atoms with E-state index in [1.807, 2.05) is 55.5 Å². The van der Waals surface area contributed by atoms with Gasteiger partial charge < -0.3 is 15.8 Å². The van der Waals surface area contributed by atoms with Crippen LogP contribution in [0.1, 0.15) is 39.0 Å². The third-order valence-electron chi connectivity index (χ3n) is 4.39. The predicted octanol–water partition coefficient (Wildman–Crippen LogP) is 5.69. The van der Waals surface area contributed by atoms with Crippen molar-refractivity contribution in [3.8, 4) is 10.8 Å². The van der Waals surface area contributed by atoms with E-state index in [-0.39, 0.29) is 5.91 Å². The Morgan fingerprint density at radius 3 is 2.46 bits per heavy atom. The second-order valence-electron chi connectivity index (χ2n) is 6.57. The first kappa shape index (κ1) is 21.5. The lowest BCUT2D eigenvalue weighted by molar-refractivity contribution is -0.117. The highest BCUT2D eigenvalue weighted by atomic mass is 32.1. The number of carbonyl (C=O) groups is 1. The Kier molecular flexibility index (Phi) is 8.08. The van der Waals surface area contributed by atoms with Gasteiger partial charge in [-0.15, -0.1) is 11.3 Å². The molecule has 0 bridgehead atoms. The zero-order valence-corrected chi connectivity index (χ0v) is 17.7. The van der Waals surface area contributed by atoms with Crippen LogP contribution in [0.5, 0.6) is 10.8 Å². The summed E-state index contributed by atoms with van der Waals surface area (Å²) in [5, 5.41) is 3.72. The van der Waals surface area contributed by atoms with Gasteiger partial charge in [0.05, 0.1) is 12.1 Å². The van der Waals surface area contributed by atoms with E-state index in [0.717, 1.165) is 27.7 Å². The lowest BCUT2D eigenvalue weighted by atomic mass is 10.1. The van der Waals surface area contributed by atoms with Crippen molar-refractivity contribution in [2.75, 3.05) is 0 Å². The van der Waals surface area contributed by atoms with Crippen molar-refractivity contribution in [2.24, 2.45) is 5.73 Å². The summed E-state index contributed by atoms with van der Waals surface area (Å²) in [7, 11) is 0. The van der Waals surface area contributed by atoms with Crippen LogP contribution in [0.15, 0.2) is 77.0 Å². The zero-order valence-electron chi connectivity index (χ0n) is 16.9. The van der Waals surface area contributed by atoms with E-state index >= 15 is 0 Å². The Labute approximate surface area is 171 Å². The third kappa shape index (κ3) is 6.43. The van der Waals surface area contributed by atoms with Crippen molar-refractivity contribution < 1.29 is 9.53 Å². The van der Waals surface area contributed by atoms with Gasteiger partial charge in [-0.05, 0) is 57.5 Å². The fourth-order valence-corrected chi connectivity index (χ4v) is 3.20. The molecule has 0 aliphatic rings. The largest absolute Gasteiger partial charge is 0.447 e. The van der Waals surface area contributed by atoms with Gasteiger partial charge in [-0.25, -0.2) is 0 Å². The molecule has 5 heteroatoms. The molecular formula is C23H28N2O2S. The molecule has 2 rings (SSSR count). The average molecular weight is 397 g/mol. The van der Waals surface area contributed by atoms with Gasteiger partial charge in [-0.2, -0.15) is 0 Å². The Hall–Kier alpha value is -2.79. The molecule has 28 heavy (non-hydrogen) atoms. The van der Waals surface area contributed by atoms with Gasteiger partial charge in [0.2, 0.25) is 0 Å². The van der Waals surface area contributed by atoms with Crippen molar-refractivity contribution in [1.29, 1.82) is 0 Å². The highest BCUT2D eigenvalue weighted by molar-refractivity contribution is 7.13. The van der Waals surface area contributed by atoms with E-state index in [4.69, 9.17) is 10.5 Å². The second-order valence-corrected chi connectivity index (χ2v) is 7.70. The minimum atomic E-state index is -0.183. The van der Waals surface area contributed by atoms with Crippen LogP contribution in [0.25, 0.3) is 0 Å². The number of nitrogens with one attached hydrogen (secondary N) is 1. The van der Waals surface area contributed by atoms with Gasteiger partial charge >= 0.3 is 0 Å². The summed E-state index contributed by atoms with van der Waals surface area (Å²) in [4.78, 5) is 13.6. The molecule has 0 fully saturated rings. The number of thiophene rings is 1. The quantitative estimate of drug-likeness (QED) is 0.445. The average Bonchev–Trinajstić information content (AvgIpc) is 3.13. The number of hydrogen-bond donors (Lipinski definition) is 2. The lowest BCUT2D eigenvalue weighted by Gasteiger charge is -2.07. The summed E-state index contributed by atoms with van der Waals surface area (Å²) in [6, 6.07) is 13.5. The molecule has 1 aromatic heterocycles. The zero-order chi connectivity index (χ0) is 20.5. The molecule has 2 aromatic rings. The van der Waals surface area contributed by atoms with Gasteiger partial charge in [0, 0.05) is 10.6 Å². The number of para-hydroxylation sites is 1. The number of rotatable bonds is 8. The van der Waals surface area contributed by atoms with Crippen LogP contribution in [-0.4, -0.2) is 5.91 Å². The summed E-state index contributed by atoms with van der Waals surface area (Å²) in [5.74, 6) is 0.608. The molecule has 1 heterocycles. The highest BCUT2D eigenvalue weighted by Gasteiger charge is 2.10. The van der Waals surface area contributed by atoms with Crippen molar-refractivity contribution in [3.05, 3.63) is 81.9 Å². The first-order valence-electron chi connectivity index (χ1n) is 9.31. The number of nitrogens with two attached hydrogens (primary N) is 1. The Balaban J connectivity index is 1.98. The number of hydrogen-bond acceptors (Lipinski definition) is 4. The Morgan fingerprint density at radius 2 is 1.82 bits per heavy atom. The van der Waals surface area contributed by atoms with Gasteiger partial charge in [0.25, 0.3) is 5.91 Å². The van der Waals surface area contributed by atoms with Gasteiger partial charge in [-0.3, -0.25) is 4.79 Å². The smallest absolute Gasteiger partial charge is 0.253 e. The molecule has 4 nitrogen and oxygen atoms in total. The number of carbonyl (C=O) groups excluding carboxylic acids is 1. The highest BCUT2D eigenvalue weighted by Crippen LogP contribution is 2.29. The molecule has 0 aliphatic carbocycles. The molecule has 1 aromatic carbocycles. The number of allylic oxidation sites excluding steroid dienone is 4. The Bertz CT molecular complexity index is 888. The second kappa shape index (κ2) is 10.5. The maximum atomic E-state index is 12.6. The predicted molar refractivity (Wildman–Crippen MR) is 117 cm³/mol. The maximum absolute atomic E-state index is 12.6.